The number of likely N-dealkylation sites (tertiary alicyclic amines) is 1. The van der Waals surface area contributed by atoms with Crippen LogP contribution in [0, 0.1) is 5.92 Å². The number of hydrogen-bond donors (Lipinski definition) is 1. The summed E-state index contributed by atoms with van der Waals surface area (Å²) in [6.45, 7) is 11.5. The summed E-state index contributed by atoms with van der Waals surface area (Å²) in [4.78, 5) is 22.9. The van der Waals surface area contributed by atoms with Crippen LogP contribution in [0.5, 0.6) is 0 Å². The molecule has 2 fully saturated rings. The predicted molar refractivity (Wildman–Crippen MR) is 116 cm³/mol. The van der Waals surface area contributed by atoms with E-state index in [0.29, 0.717) is 12.0 Å². The lowest BCUT2D eigenvalue weighted by Crippen LogP contribution is -2.45. The first-order chi connectivity index (χ1) is 12.0. The highest BCUT2D eigenvalue weighted by molar-refractivity contribution is 14.0. The van der Waals surface area contributed by atoms with Gasteiger partial charge in [0.15, 0.2) is 5.96 Å². The second-order valence-electron chi connectivity index (χ2n) is 7.40. The van der Waals surface area contributed by atoms with Crippen molar-refractivity contribution in [3.05, 3.63) is 0 Å². The quantitative estimate of drug-likeness (QED) is 0.350. The van der Waals surface area contributed by atoms with Gasteiger partial charge in [0.05, 0.1) is 13.2 Å². The van der Waals surface area contributed by atoms with E-state index in [0.717, 1.165) is 58.3 Å². The molecule has 1 N–H and O–H groups in total. The molecule has 152 valence electrons. The predicted octanol–water partition coefficient (Wildman–Crippen LogP) is 1.09. The van der Waals surface area contributed by atoms with Crippen molar-refractivity contribution >= 4 is 35.8 Å². The maximum absolute atomic E-state index is 11.9. The average molecular weight is 481 g/mol. The Morgan fingerprint density at radius 2 is 2.00 bits per heavy atom. The van der Waals surface area contributed by atoms with Gasteiger partial charge < -0.3 is 19.9 Å². The lowest BCUT2D eigenvalue weighted by Gasteiger charge is -2.29. The van der Waals surface area contributed by atoms with Crippen LogP contribution in [0.1, 0.15) is 26.7 Å². The van der Waals surface area contributed by atoms with Gasteiger partial charge in [-0.05, 0) is 25.7 Å². The first kappa shape index (κ1) is 23.4. The standard InChI is InChI=1S/C18H35N5O2.HI/c1-5-15(2)20-18(19-12-17(24)21(3)4)23-7-6-16(14-23)13-22-8-10-25-11-9-22;/h15-16H,5-14H2,1-4H3,(H,19,20);1H. The molecular weight excluding hydrogens is 445 g/mol. The highest BCUT2D eigenvalue weighted by Crippen LogP contribution is 2.18. The third-order valence-corrected chi connectivity index (χ3v) is 5.06. The second kappa shape index (κ2) is 12.0. The van der Waals surface area contributed by atoms with Gasteiger partial charge in [-0.15, -0.1) is 24.0 Å². The van der Waals surface area contributed by atoms with E-state index in [1.165, 1.54) is 6.42 Å². The highest BCUT2D eigenvalue weighted by Gasteiger charge is 2.27. The van der Waals surface area contributed by atoms with E-state index in [2.05, 4.69) is 34.0 Å². The Morgan fingerprint density at radius 3 is 2.62 bits per heavy atom. The van der Waals surface area contributed by atoms with Gasteiger partial charge in [-0.3, -0.25) is 9.69 Å². The molecular formula is C18H36IN5O2. The minimum Gasteiger partial charge on any atom is -0.379 e. The second-order valence-corrected chi connectivity index (χ2v) is 7.40. The molecule has 0 aromatic carbocycles. The number of amides is 1. The van der Waals surface area contributed by atoms with Crippen molar-refractivity contribution in [3.63, 3.8) is 0 Å². The van der Waals surface area contributed by atoms with Gasteiger partial charge in [0, 0.05) is 52.9 Å². The van der Waals surface area contributed by atoms with Gasteiger partial charge in [0.2, 0.25) is 5.91 Å². The van der Waals surface area contributed by atoms with Crippen LogP contribution >= 0.6 is 24.0 Å². The highest BCUT2D eigenvalue weighted by atomic mass is 127. The van der Waals surface area contributed by atoms with Crippen LogP contribution in [0.3, 0.4) is 0 Å². The molecule has 2 atom stereocenters. The van der Waals surface area contributed by atoms with Gasteiger partial charge in [-0.2, -0.15) is 0 Å². The molecule has 0 radical (unpaired) electrons. The van der Waals surface area contributed by atoms with Crippen LogP contribution in [-0.4, -0.2) is 99.2 Å². The van der Waals surface area contributed by atoms with Crippen LogP contribution in [0.15, 0.2) is 4.99 Å². The third-order valence-electron chi connectivity index (χ3n) is 5.06. The Labute approximate surface area is 175 Å². The number of aliphatic imine (C=N–C) groups is 1. The van der Waals surface area contributed by atoms with Crippen LogP contribution in [0.4, 0.5) is 0 Å². The molecule has 2 unspecified atom stereocenters. The van der Waals surface area contributed by atoms with Crippen LogP contribution in [0.25, 0.3) is 0 Å². The molecule has 7 nitrogen and oxygen atoms in total. The number of likely N-dealkylation sites (N-methyl/N-ethyl adjacent to an activating group) is 1. The molecule has 0 aliphatic carbocycles. The van der Waals surface area contributed by atoms with Gasteiger partial charge in [0.25, 0.3) is 0 Å². The van der Waals surface area contributed by atoms with Crippen LogP contribution in [0.2, 0.25) is 0 Å². The van der Waals surface area contributed by atoms with Gasteiger partial charge in [-0.1, -0.05) is 6.92 Å². The molecule has 0 aromatic rings. The number of hydrogen-bond acceptors (Lipinski definition) is 4. The van der Waals surface area contributed by atoms with E-state index in [4.69, 9.17) is 4.74 Å². The molecule has 2 saturated heterocycles. The van der Waals surface area contributed by atoms with Crippen molar-refractivity contribution in [2.45, 2.75) is 32.7 Å². The summed E-state index contributed by atoms with van der Waals surface area (Å²) in [6.07, 6.45) is 2.21. The van der Waals surface area contributed by atoms with Crippen molar-refractivity contribution in [3.8, 4) is 0 Å². The SMILES string of the molecule is CCC(C)NC(=NCC(=O)N(C)C)N1CCC(CN2CCOCC2)C1.I. The number of nitrogens with one attached hydrogen (secondary N) is 1. The van der Waals surface area contributed by atoms with E-state index < -0.39 is 0 Å². The maximum Gasteiger partial charge on any atom is 0.243 e. The minimum atomic E-state index is 0. The fourth-order valence-corrected chi connectivity index (χ4v) is 3.17. The van der Waals surface area contributed by atoms with Crippen molar-refractivity contribution in [1.82, 2.24) is 20.0 Å². The van der Waals surface area contributed by atoms with Crippen molar-refractivity contribution < 1.29 is 9.53 Å². The summed E-state index contributed by atoms with van der Waals surface area (Å²) in [6, 6.07) is 0.353. The summed E-state index contributed by atoms with van der Waals surface area (Å²) >= 11 is 0. The lowest BCUT2D eigenvalue weighted by atomic mass is 10.1. The van der Waals surface area contributed by atoms with E-state index in [-0.39, 0.29) is 36.4 Å². The molecule has 0 bridgehead atoms. The number of halogens is 1. The molecule has 0 spiro atoms. The zero-order valence-electron chi connectivity index (χ0n) is 16.7. The molecule has 2 aliphatic heterocycles. The van der Waals surface area contributed by atoms with Gasteiger partial charge >= 0.3 is 0 Å². The molecule has 2 rings (SSSR count). The fourth-order valence-electron chi connectivity index (χ4n) is 3.17. The minimum absolute atomic E-state index is 0. The number of rotatable bonds is 6. The zero-order valence-corrected chi connectivity index (χ0v) is 19.1. The topological polar surface area (TPSA) is 60.4 Å². The number of morpholine rings is 1. The molecule has 2 heterocycles. The van der Waals surface area contributed by atoms with Gasteiger partial charge in [0.1, 0.15) is 6.54 Å². The number of ether oxygens (including phenoxy) is 1. The van der Waals surface area contributed by atoms with Crippen LogP contribution in [-0.2, 0) is 9.53 Å². The normalized spacial score (nSPS) is 22.7. The summed E-state index contributed by atoms with van der Waals surface area (Å²) in [5.74, 6) is 1.58. The van der Waals surface area contributed by atoms with Crippen LogP contribution < -0.4 is 5.32 Å². The molecule has 1 amide bonds. The molecule has 0 aromatic heterocycles. The Kier molecular flexibility index (Phi) is 10.8. The van der Waals surface area contributed by atoms with Gasteiger partial charge in [-0.25, -0.2) is 4.99 Å². The molecule has 2 aliphatic rings. The average Bonchev–Trinajstić information content (AvgIpc) is 3.07. The van der Waals surface area contributed by atoms with E-state index in [9.17, 15) is 4.79 Å². The summed E-state index contributed by atoms with van der Waals surface area (Å²) < 4.78 is 5.44. The fraction of sp³-hybridized carbons (Fsp3) is 0.889. The number of nitrogens with zero attached hydrogens (tertiary/aromatic N) is 4. The van der Waals surface area contributed by atoms with Crippen molar-refractivity contribution in [2.75, 3.05) is 66.6 Å². The summed E-state index contributed by atoms with van der Waals surface area (Å²) in [5, 5.41) is 3.50. The van der Waals surface area contributed by atoms with E-state index in [1.807, 2.05) is 0 Å². The summed E-state index contributed by atoms with van der Waals surface area (Å²) in [5.41, 5.74) is 0. The number of guanidine groups is 1. The molecule has 8 heteroatoms. The number of carbonyl (C=O) groups excluding carboxylic acids is 1. The van der Waals surface area contributed by atoms with Crippen molar-refractivity contribution in [2.24, 2.45) is 10.9 Å². The number of carbonyl (C=O) groups is 1. The molecule has 0 saturated carbocycles. The first-order valence-corrected chi connectivity index (χ1v) is 9.55. The molecule has 26 heavy (non-hydrogen) atoms. The summed E-state index contributed by atoms with van der Waals surface area (Å²) in [7, 11) is 3.54. The lowest BCUT2D eigenvalue weighted by molar-refractivity contribution is -0.127. The largest absolute Gasteiger partial charge is 0.379 e. The first-order valence-electron chi connectivity index (χ1n) is 9.55. The maximum atomic E-state index is 11.9. The Balaban J connectivity index is 0.00000338. The Bertz CT molecular complexity index is 455. The Hall–Kier alpha value is -0.610. The Morgan fingerprint density at radius 1 is 1.31 bits per heavy atom. The van der Waals surface area contributed by atoms with E-state index in [1.54, 1.807) is 19.0 Å². The smallest absolute Gasteiger partial charge is 0.243 e. The third kappa shape index (κ3) is 7.56. The van der Waals surface area contributed by atoms with E-state index >= 15 is 0 Å². The monoisotopic (exact) mass is 481 g/mol. The van der Waals surface area contributed by atoms with Crippen molar-refractivity contribution in [1.29, 1.82) is 0 Å². The zero-order chi connectivity index (χ0) is 18.2.